The van der Waals surface area contributed by atoms with Crippen molar-refractivity contribution in [2.24, 2.45) is 0 Å². The molecule has 2 heterocycles. The molecule has 0 aliphatic carbocycles. The van der Waals surface area contributed by atoms with E-state index >= 15 is 0 Å². The first-order valence-electron chi connectivity index (χ1n) is 6.19. The zero-order valence-corrected chi connectivity index (χ0v) is 13.5. The molecular weight excluding hydrogens is 349 g/mol. The highest BCUT2D eigenvalue weighted by Gasteiger charge is 2.10. The fraction of sp³-hybridized carbons (Fsp3) is 0.154. The maximum Gasteiger partial charge on any atom is 0.283 e. The lowest BCUT2D eigenvalue weighted by Gasteiger charge is -2.09. The third-order valence-corrected chi connectivity index (χ3v) is 3.92. The Labute approximate surface area is 141 Å². The van der Waals surface area contributed by atoms with E-state index in [1.807, 2.05) is 6.07 Å². The molecule has 116 valence electrons. The Bertz CT molecular complexity index is 874. The van der Waals surface area contributed by atoms with Crippen LogP contribution < -0.4 is 11.3 Å². The third-order valence-electron chi connectivity index (χ3n) is 3.18. The number of nitrogens with zero attached hydrogens (tertiary/aromatic N) is 3. The zero-order valence-electron chi connectivity index (χ0n) is 11.2. The molecule has 0 aliphatic heterocycles. The first kappa shape index (κ1) is 16.6. The summed E-state index contributed by atoms with van der Waals surface area (Å²) in [7, 11) is 0. The van der Waals surface area contributed by atoms with Crippen molar-refractivity contribution in [3.63, 3.8) is 0 Å². The minimum absolute atomic E-state index is 0. The largest absolute Gasteiger partial charge is 0.369 e. The SMILES string of the molecule is Cl.Nc1nc2[nH]cnc2c(=O)n1CCc1ccc(Cl)c(Cl)c1. The summed E-state index contributed by atoms with van der Waals surface area (Å²) in [6, 6.07) is 5.35. The Morgan fingerprint density at radius 3 is 2.77 bits per heavy atom. The van der Waals surface area contributed by atoms with Crippen molar-refractivity contribution in [1.29, 1.82) is 0 Å². The highest BCUT2D eigenvalue weighted by Crippen LogP contribution is 2.23. The summed E-state index contributed by atoms with van der Waals surface area (Å²) in [4.78, 5) is 23.1. The van der Waals surface area contributed by atoms with Gasteiger partial charge in [-0.2, -0.15) is 4.98 Å². The number of halogens is 3. The van der Waals surface area contributed by atoms with Gasteiger partial charge in [0.25, 0.3) is 5.56 Å². The molecule has 0 fully saturated rings. The van der Waals surface area contributed by atoms with E-state index in [4.69, 9.17) is 28.9 Å². The summed E-state index contributed by atoms with van der Waals surface area (Å²) in [5, 5.41) is 0.979. The van der Waals surface area contributed by atoms with Gasteiger partial charge in [-0.3, -0.25) is 9.36 Å². The second-order valence-corrected chi connectivity index (χ2v) is 5.34. The Kier molecular flexibility index (Phi) is 4.95. The highest BCUT2D eigenvalue weighted by atomic mass is 35.5. The van der Waals surface area contributed by atoms with Gasteiger partial charge in [-0.05, 0) is 24.1 Å². The first-order valence-corrected chi connectivity index (χ1v) is 6.95. The van der Waals surface area contributed by atoms with Crippen LogP contribution in [0.3, 0.4) is 0 Å². The topological polar surface area (TPSA) is 89.6 Å². The number of fused-ring (bicyclic) bond motifs is 1. The van der Waals surface area contributed by atoms with E-state index in [1.165, 1.54) is 10.9 Å². The van der Waals surface area contributed by atoms with Crippen LogP contribution in [0.1, 0.15) is 5.56 Å². The fourth-order valence-electron chi connectivity index (χ4n) is 2.09. The summed E-state index contributed by atoms with van der Waals surface area (Å²) in [6.07, 6.45) is 2.00. The van der Waals surface area contributed by atoms with Crippen LogP contribution in [0, 0.1) is 0 Å². The molecular formula is C13H12Cl3N5O. The van der Waals surface area contributed by atoms with Crippen molar-refractivity contribution in [1.82, 2.24) is 19.5 Å². The fourth-order valence-corrected chi connectivity index (χ4v) is 2.41. The average Bonchev–Trinajstić information content (AvgIpc) is 2.90. The lowest BCUT2D eigenvalue weighted by Crippen LogP contribution is -2.25. The first-order chi connectivity index (χ1) is 10.1. The Hall–Kier alpha value is -1.76. The number of aromatic amines is 1. The van der Waals surface area contributed by atoms with Crippen LogP contribution in [0.4, 0.5) is 5.95 Å². The van der Waals surface area contributed by atoms with Crippen molar-refractivity contribution >= 4 is 52.7 Å². The Morgan fingerprint density at radius 1 is 1.27 bits per heavy atom. The van der Waals surface area contributed by atoms with Gasteiger partial charge in [0, 0.05) is 6.54 Å². The van der Waals surface area contributed by atoms with Crippen molar-refractivity contribution in [2.45, 2.75) is 13.0 Å². The number of imidazole rings is 1. The number of H-pyrrole nitrogens is 1. The number of benzene rings is 1. The molecule has 3 rings (SSSR count). The summed E-state index contributed by atoms with van der Waals surface area (Å²) in [6.45, 7) is 0.387. The van der Waals surface area contributed by atoms with E-state index in [2.05, 4.69) is 15.0 Å². The van der Waals surface area contributed by atoms with Crippen LogP contribution in [0.5, 0.6) is 0 Å². The minimum Gasteiger partial charge on any atom is -0.369 e. The molecule has 0 saturated heterocycles. The monoisotopic (exact) mass is 359 g/mol. The number of aryl methyl sites for hydroxylation is 1. The van der Waals surface area contributed by atoms with Gasteiger partial charge in [0.2, 0.25) is 5.95 Å². The van der Waals surface area contributed by atoms with Crippen molar-refractivity contribution in [3.8, 4) is 0 Å². The van der Waals surface area contributed by atoms with E-state index in [0.29, 0.717) is 28.7 Å². The predicted molar refractivity (Wildman–Crippen MR) is 90.0 cm³/mol. The quantitative estimate of drug-likeness (QED) is 0.751. The molecule has 6 nitrogen and oxygen atoms in total. The second kappa shape index (κ2) is 6.56. The Balaban J connectivity index is 0.00000176. The molecule has 0 saturated carbocycles. The smallest absolute Gasteiger partial charge is 0.283 e. The molecule has 0 spiro atoms. The normalized spacial score (nSPS) is 10.6. The predicted octanol–water partition coefficient (Wildman–Crippen LogP) is 2.67. The highest BCUT2D eigenvalue weighted by molar-refractivity contribution is 6.42. The third kappa shape index (κ3) is 3.04. The average molecular weight is 361 g/mol. The number of nitrogen functional groups attached to an aromatic ring is 1. The van der Waals surface area contributed by atoms with Crippen LogP contribution in [-0.2, 0) is 13.0 Å². The number of anilines is 1. The molecule has 0 amide bonds. The number of nitrogens with one attached hydrogen (secondary N) is 1. The minimum atomic E-state index is -0.265. The van der Waals surface area contributed by atoms with Crippen molar-refractivity contribution in [3.05, 3.63) is 50.5 Å². The number of hydrogen-bond donors (Lipinski definition) is 2. The Morgan fingerprint density at radius 2 is 2.05 bits per heavy atom. The van der Waals surface area contributed by atoms with Crippen molar-refractivity contribution < 1.29 is 0 Å². The van der Waals surface area contributed by atoms with E-state index in [0.717, 1.165) is 5.56 Å². The van der Waals surface area contributed by atoms with E-state index in [1.54, 1.807) is 12.1 Å². The molecule has 9 heteroatoms. The van der Waals surface area contributed by atoms with Gasteiger partial charge < -0.3 is 10.7 Å². The lowest BCUT2D eigenvalue weighted by molar-refractivity contribution is 0.673. The van der Waals surface area contributed by atoms with Gasteiger partial charge in [-0.1, -0.05) is 29.3 Å². The summed E-state index contributed by atoms with van der Waals surface area (Å²) in [5.41, 5.74) is 7.18. The number of aromatic nitrogens is 4. The van der Waals surface area contributed by atoms with E-state index < -0.39 is 0 Å². The van der Waals surface area contributed by atoms with Gasteiger partial charge in [-0.25, -0.2) is 4.98 Å². The molecule has 0 radical (unpaired) electrons. The van der Waals surface area contributed by atoms with Gasteiger partial charge in [0.1, 0.15) is 0 Å². The van der Waals surface area contributed by atoms with Gasteiger partial charge in [0.15, 0.2) is 11.2 Å². The second-order valence-electron chi connectivity index (χ2n) is 4.53. The van der Waals surface area contributed by atoms with Gasteiger partial charge >= 0.3 is 0 Å². The maximum absolute atomic E-state index is 12.3. The van der Waals surface area contributed by atoms with E-state index in [-0.39, 0.29) is 29.4 Å². The molecule has 1 aromatic carbocycles. The van der Waals surface area contributed by atoms with Crippen LogP contribution >= 0.6 is 35.6 Å². The van der Waals surface area contributed by atoms with Gasteiger partial charge in [0.05, 0.1) is 16.4 Å². The molecule has 0 aliphatic rings. The summed E-state index contributed by atoms with van der Waals surface area (Å²) in [5.74, 6) is 0.150. The zero-order chi connectivity index (χ0) is 15.0. The van der Waals surface area contributed by atoms with E-state index in [9.17, 15) is 4.79 Å². The van der Waals surface area contributed by atoms with Crippen LogP contribution in [-0.4, -0.2) is 19.5 Å². The van der Waals surface area contributed by atoms with Crippen LogP contribution in [0.25, 0.3) is 11.2 Å². The van der Waals surface area contributed by atoms with Gasteiger partial charge in [-0.15, -0.1) is 12.4 Å². The lowest BCUT2D eigenvalue weighted by atomic mass is 10.1. The molecule has 0 atom stereocenters. The summed E-state index contributed by atoms with van der Waals surface area (Å²) >= 11 is 11.8. The molecule has 2 aromatic heterocycles. The molecule has 0 unspecified atom stereocenters. The van der Waals surface area contributed by atoms with Crippen molar-refractivity contribution in [2.75, 3.05) is 5.73 Å². The van der Waals surface area contributed by atoms with Crippen LogP contribution in [0.15, 0.2) is 29.3 Å². The number of nitrogens with two attached hydrogens (primary N) is 1. The number of rotatable bonds is 3. The summed E-state index contributed by atoms with van der Waals surface area (Å²) < 4.78 is 1.39. The maximum atomic E-state index is 12.3. The molecule has 3 aromatic rings. The molecule has 22 heavy (non-hydrogen) atoms. The molecule has 3 N–H and O–H groups in total. The standard InChI is InChI=1S/C13H11Cl2N5O.ClH/c14-8-2-1-7(5-9(8)15)3-4-20-12(21)10-11(18-6-17-10)19-13(20)16;/h1-2,5-6H,3-4H2,(H2,16,19)(H,17,18);1H. The molecule has 0 bridgehead atoms. The van der Waals surface area contributed by atoms with Crippen LogP contribution in [0.2, 0.25) is 10.0 Å². The number of hydrogen-bond acceptors (Lipinski definition) is 4.